The van der Waals surface area contributed by atoms with Crippen molar-refractivity contribution in [1.29, 1.82) is 0 Å². The average molecular weight is 379 g/mol. The standard InChI is InChI=1S/C18H21NO6S/c1-4-23-13-9-11(10-14(24-5-2)15(13)25-6-3)17(20)19-12-7-8-26-16(12)18(21)22/h7-10H,4-6H2,1-3H3,(H,19,20)(H,21,22). The zero-order valence-electron chi connectivity index (χ0n) is 14.8. The van der Waals surface area contributed by atoms with Gasteiger partial charge in [-0.05, 0) is 44.4 Å². The van der Waals surface area contributed by atoms with Crippen LogP contribution >= 0.6 is 11.3 Å². The summed E-state index contributed by atoms with van der Waals surface area (Å²) in [7, 11) is 0. The van der Waals surface area contributed by atoms with Crippen molar-refractivity contribution >= 4 is 28.9 Å². The molecule has 2 N–H and O–H groups in total. The Morgan fingerprint density at radius 2 is 1.62 bits per heavy atom. The Kier molecular flexibility index (Phi) is 6.85. The van der Waals surface area contributed by atoms with Gasteiger partial charge in [-0.1, -0.05) is 0 Å². The zero-order chi connectivity index (χ0) is 19.1. The summed E-state index contributed by atoms with van der Waals surface area (Å²) in [6, 6.07) is 4.66. The minimum absolute atomic E-state index is 0.0688. The molecule has 0 unspecified atom stereocenters. The number of hydrogen-bond acceptors (Lipinski definition) is 6. The summed E-state index contributed by atoms with van der Waals surface area (Å²) in [6.07, 6.45) is 0. The number of hydrogen-bond donors (Lipinski definition) is 2. The van der Waals surface area contributed by atoms with Crippen molar-refractivity contribution in [3.05, 3.63) is 34.0 Å². The topological polar surface area (TPSA) is 94.1 Å². The molecule has 0 saturated heterocycles. The van der Waals surface area contributed by atoms with E-state index in [1.54, 1.807) is 23.6 Å². The predicted molar refractivity (Wildman–Crippen MR) is 99.2 cm³/mol. The van der Waals surface area contributed by atoms with Crippen LogP contribution in [0.4, 0.5) is 5.69 Å². The van der Waals surface area contributed by atoms with E-state index >= 15 is 0 Å². The summed E-state index contributed by atoms with van der Waals surface area (Å²) >= 11 is 1.04. The highest BCUT2D eigenvalue weighted by Gasteiger charge is 2.20. The maximum atomic E-state index is 12.6. The summed E-state index contributed by atoms with van der Waals surface area (Å²) in [4.78, 5) is 23.9. The molecule has 140 valence electrons. The second-order valence-electron chi connectivity index (χ2n) is 5.02. The highest BCUT2D eigenvalue weighted by molar-refractivity contribution is 7.12. The van der Waals surface area contributed by atoms with Gasteiger partial charge < -0.3 is 24.6 Å². The molecule has 0 bridgehead atoms. The van der Waals surface area contributed by atoms with Gasteiger partial charge in [0.1, 0.15) is 4.88 Å². The van der Waals surface area contributed by atoms with Gasteiger partial charge in [0.2, 0.25) is 5.75 Å². The number of thiophene rings is 1. The normalized spacial score (nSPS) is 10.3. The van der Waals surface area contributed by atoms with E-state index in [0.29, 0.717) is 37.1 Å². The smallest absolute Gasteiger partial charge is 0.348 e. The average Bonchev–Trinajstić information content (AvgIpc) is 3.06. The second kappa shape index (κ2) is 9.10. The summed E-state index contributed by atoms with van der Waals surface area (Å²) in [5.74, 6) is -0.319. The van der Waals surface area contributed by atoms with E-state index in [-0.39, 0.29) is 16.1 Å². The van der Waals surface area contributed by atoms with Crippen LogP contribution in [-0.4, -0.2) is 36.8 Å². The molecule has 0 radical (unpaired) electrons. The van der Waals surface area contributed by atoms with Crippen LogP contribution in [0.5, 0.6) is 17.2 Å². The minimum atomic E-state index is -1.09. The molecule has 8 heteroatoms. The van der Waals surface area contributed by atoms with Gasteiger partial charge in [0.25, 0.3) is 5.91 Å². The number of benzene rings is 1. The minimum Gasteiger partial charge on any atom is -0.490 e. The molecule has 0 atom stereocenters. The molecule has 0 fully saturated rings. The first-order valence-electron chi connectivity index (χ1n) is 8.20. The number of aromatic carboxylic acids is 1. The van der Waals surface area contributed by atoms with E-state index in [9.17, 15) is 9.59 Å². The number of carboxylic acid groups (broad SMARTS) is 1. The number of rotatable bonds is 9. The highest BCUT2D eigenvalue weighted by atomic mass is 32.1. The van der Waals surface area contributed by atoms with Crippen LogP contribution in [0, 0.1) is 0 Å². The SMILES string of the molecule is CCOc1cc(C(=O)Nc2ccsc2C(=O)O)cc(OCC)c1OCC. The molecule has 0 aliphatic carbocycles. The quantitative estimate of drug-likeness (QED) is 0.686. The Balaban J connectivity index is 2.39. The Morgan fingerprint density at radius 1 is 1.04 bits per heavy atom. The van der Waals surface area contributed by atoms with Gasteiger partial charge in [-0.3, -0.25) is 4.79 Å². The Labute approximate surface area is 155 Å². The molecule has 0 aliphatic rings. The van der Waals surface area contributed by atoms with Crippen molar-refractivity contribution in [3.8, 4) is 17.2 Å². The third kappa shape index (κ3) is 4.45. The summed E-state index contributed by atoms with van der Waals surface area (Å²) < 4.78 is 16.8. The molecule has 0 aliphatic heterocycles. The van der Waals surface area contributed by atoms with Crippen LogP contribution in [0.1, 0.15) is 40.8 Å². The Morgan fingerprint density at radius 3 is 2.12 bits per heavy atom. The number of carbonyl (C=O) groups excluding carboxylic acids is 1. The highest BCUT2D eigenvalue weighted by Crippen LogP contribution is 2.39. The van der Waals surface area contributed by atoms with Gasteiger partial charge in [0.05, 0.1) is 25.5 Å². The molecular formula is C18H21NO6S. The zero-order valence-corrected chi connectivity index (χ0v) is 15.6. The van der Waals surface area contributed by atoms with Crippen LogP contribution in [0.25, 0.3) is 0 Å². The van der Waals surface area contributed by atoms with Crippen molar-refractivity contribution < 1.29 is 28.9 Å². The number of carboxylic acids is 1. The van der Waals surface area contributed by atoms with Crippen molar-refractivity contribution in [2.75, 3.05) is 25.1 Å². The van der Waals surface area contributed by atoms with Crippen LogP contribution in [0.2, 0.25) is 0 Å². The lowest BCUT2D eigenvalue weighted by molar-refractivity contribution is 0.0703. The fourth-order valence-corrected chi connectivity index (χ4v) is 2.97. The number of nitrogens with one attached hydrogen (secondary N) is 1. The predicted octanol–water partition coefficient (Wildman–Crippen LogP) is 3.89. The van der Waals surface area contributed by atoms with Gasteiger partial charge in [0, 0.05) is 5.56 Å². The number of anilines is 1. The monoisotopic (exact) mass is 379 g/mol. The number of carbonyl (C=O) groups is 2. The molecule has 0 spiro atoms. The largest absolute Gasteiger partial charge is 0.490 e. The molecular weight excluding hydrogens is 358 g/mol. The van der Waals surface area contributed by atoms with Crippen molar-refractivity contribution in [2.24, 2.45) is 0 Å². The van der Waals surface area contributed by atoms with Gasteiger partial charge in [-0.2, -0.15) is 0 Å². The van der Waals surface area contributed by atoms with Gasteiger partial charge in [-0.15, -0.1) is 11.3 Å². The fourth-order valence-electron chi connectivity index (χ4n) is 2.29. The van der Waals surface area contributed by atoms with E-state index in [2.05, 4.69) is 5.32 Å². The fraction of sp³-hybridized carbons (Fsp3) is 0.333. The summed E-state index contributed by atoms with van der Waals surface area (Å²) in [5.41, 5.74) is 0.528. The number of ether oxygens (including phenoxy) is 3. The summed E-state index contributed by atoms with van der Waals surface area (Å²) in [6.45, 7) is 6.70. The molecule has 26 heavy (non-hydrogen) atoms. The lowest BCUT2D eigenvalue weighted by Crippen LogP contribution is -2.14. The van der Waals surface area contributed by atoms with Crippen molar-refractivity contribution in [2.45, 2.75) is 20.8 Å². The molecule has 1 aromatic heterocycles. The van der Waals surface area contributed by atoms with Gasteiger partial charge >= 0.3 is 5.97 Å². The molecule has 2 aromatic rings. The molecule has 2 rings (SSSR count). The summed E-state index contributed by atoms with van der Waals surface area (Å²) in [5, 5.41) is 13.4. The van der Waals surface area contributed by atoms with Crippen molar-refractivity contribution in [1.82, 2.24) is 0 Å². The van der Waals surface area contributed by atoms with E-state index in [1.165, 1.54) is 0 Å². The third-order valence-corrected chi connectivity index (χ3v) is 4.18. The van der Waals surface area contributed by atoms with E-state index in [1.807, 2.05) is 20.8 Å². The lowest BCUT2D eigenvalue weighted by atomic mass is 10.1. The van der Waals surface area contributed by atoms with Crippen LogP contribution in [0.15, 0.2) is 23.6 Å². The van der Waals surface area contributed by atoms with Gasteiger partial charge in [-0.25, -0.2) is 4.79 Å². The molecule has 0 saturated carbocycles. The first-order chi connectivity index (χ1) is 12.5. The third-order valence-electron chi connectivity index (χ3n) is 3.28. The van der Waals surface area contributed by atoms with E-state index in [0.717, 1.165) is 11.3 Å². The molecule has 1 amide bonds. The van der Waals surface area contributed by atoms with Crippen LogP contribution in [-0.2, 0) is 0 Å². The molecule has 7 nitrogen and oxygen atoms in total. The molecule has 1 aromatic carbocycles. The van der Waals surface area contributed by atoms with E-state index < -0.39 is 11.9 Å². The second-order valence-corrected chi connectivity index (χ2v) is 5.94. The Bertz CT molecular complexity index is 759. The lowest BCUT2D eigenvalue weighted by Gasteiger charge is -2.17. The maximum Gasteiger partial charge on any atom is 0.348 e. The van der Waals surface area contributed by atoms with Gasteiger partial charge in [0.15, 0.2) is 11.5 Å². The Hall–Kier alpha value is -2.74. The maximum absolute atomic E-state index is 12.6. The van der Waals surface area contributed by atoms with E-state index in [4.69, 9.17) is 19.3 Å². The number of amides is 1. The van der Waals surface area contributed by atoms with Crippen LogP contribution in [0.3, 0.4) is 0 Å². The first-order valence-corrected chi connectivity index (χ1v) is 9.08. The molecule has 1 heterocycles. The van der Waals surface area contributed by atoms with Crippen molar-refractivity contribution in [3.63, 3.8) is 0 Å². The van der Waals surface area contributed by atoms with Crippen LogP contribution < -0.4 is 19.5 Å². The first kappa shape index (κ1) is 19.6.